The van der Waals surface area contributed by atoms with Gasteiger partial charge in [0.1, 0.15) is 5.84 Å². The van der Waals surface area contributed by atoms with E-state index in [1.807, 2.05) is 12.1 Å². The summed E-state index contributed by atoms with van der Waals surface area (Å²) in [5, 5.41) is 0.657. The van der Waals surface area contributed by atoms with Gasteiger partial charge in [-0.15, -0.1) is 0 Å². The number of nitrogens with zero attached hydrogens (tertiary/aromatic N) is 3. The molecule has 1 aromatic carbocycles. The second-order valence-electron chi connectivity index (χ2n) is 4.47. The van der Waals surface area contributed by atoms with Gasteiger partial charge in [-0.3, -0.25) is 4.90 Å². The lowest BCUT2D eigenvalue weighted by molar-refractivity contribution is 0.0678. The summed E-state index contributed by atoms with van der Waals surface area (Å²) in [6, 6.07) is 6.99. The molecule has 2 aliphatic heterocycles. The Hall–Kier alpha value is -1.59. The molecule has 5 nitrogen and oxygen atoms in total. The molecule has 100 valence electrons. The number of benzene rings is 1. The van der Waals surface area contributed by atoms with Crippen molar-refractivity contribution in [2.45, 2.75) is 0 Å². The Bertz CT molecular complexity index is 509. The van der Waals surface area contributed by atoms with Crippen LogP contribution in [-0.2, 0) is 4.74 Å². The van der Waals surface area contributed by atoms with E-state index in [9.17, 15) is 4.79 Å². The molecule has 0 radical (unpaired) electrons. The first-order valence-electron chi connectivity index (χ1n) is 6.21. The first kappa shape index (κ1) is 12.4. The lowest BCUT2D eigenvalue weighted by Crippen LogP contribution is -2.43. The van der Waals surface area contributed by atoms with Crippen molar-refractivity contribution in [2.75, 3.05) is 37.7 Å². The van der Waals surface area contributed by atoms with E-state index in [4.69, 9.17) is 16.3 Å². The minimum absolute atomic E-state index is 0.219. The molecule has 0 N–H and O–H groups in total. The van der Waals surface area contributed by atoms with Crippen LogP contribution in [0.25, 0.3) is 0 Å². The van der Waals surface area contributed by atoms with E-state index in [1.54, 1.807) is 17.0 Å². The smallest absolute Gasteiger partial charge is 0.350 e. The first-order valence-corrected chi connectivity index (χ1v) is 6.59. The maximum atomic E-state index is 12.0. The second kappa shape index (κ2) is 5.19. The molecule has 6 heteroatoms. The van der Waals surface area contributed by atoms with E-state index in [-0.39, 0.29) is 6.03 Å². The zero-order valence-corrected chi connectivity index (χ0v) is 11.1. The average molecular weight is 280 g/mol. The van der Waals surface area contributed by atoms with Crippen LogP contribution in [0.4, 0.5) is 10.5 Å². The highest BCUT2D eigenvalue weighted by Crippen LogP contribution is 2.22. The van der Waals surface area contributed by atoms with Crippen molar-refractivity contribution in [3.8, 4) is 0 Å². The number of hydrogen-bond donors (Lipinski definition) is 0. The lowest BCUT2D eigenvalue weighted by Gasteiger charge is -2.28. The molecule has 19 heavy (non-hydrogen) atoms. The summed E-state index contributed by atoms with van der Waals surface area (Å²) < 4.78 is 5.30. The van der Waals surface area contributed by atoms with Crippen LogP contribution < -0.4 is 4.90 Å². The third kappa shape index (κ3) is 2.57. The van der Waals surface area contributed by atoms with Gasteiger partial charge in [-0.2, -0.15) is 4.99 Å². The number of amidine groups is 1. The number of anilines is 1. The minimum atomic E-state index is -0.219. The molecule has 1 aromatic rings. The molecule has 0 atom stereocenters. The van der Waals surface area contributed by atoms with Crippen molar-refractivity contribution in [3.63, 3.8) is 0 Å². The van der Waals surface area contributed by atoms with E-state index in [1.165, 1.54) is 0 Å². The predicted molar refractivity (Wildman–Crippen MR) is 74.0 cm³/mol. The average Bonchev–Trinajstić information content (AvgIpc) is 2.83. The molecular weight excluding hydrogens is 266 g/mol. The van der Waals surface area contributed by atoms with Crippen molar-refractivity contribution >= 4 is 29.2 Å². The van der Waals surface area contributed by atoms with Gasteiger partial charge in [0, 0.05) is 23.8 Å². The number of carbonyl (C=O) groups excluding carboxylic acids is 1. The van der Waals surface area contributed by atoms with Gasteiger partial charge < -0.3 is 9.64 Å². The lowest BCUT2D eigenvalue weighted by atomic mass is 10.3. The van der Waals surface area contributed by atoms with Crippen LogP contribution in [0.5, 0.6) is 0 Å². The zero-order valence-electron chi connectivity index (χ0n) is 10.4. The van der Waals surface area contributed by atoms with Crippen LogP contribution in [0.1, 0.15) is 0 Å². The number of amides is 2. The molecule has 1 fully saturated rings. The zero-order chi connectivity index (χ0) is 13.2. The quantitative estimate of drug-likeness (QED) is 0.790. The summed E-state index contributed by atoms with van der Waals surface area (Å²) in [5.74, 6) is 0.822. The van der Waals surface area contributed by atoms with E-state index in [0.717, 1.165) is 24.6 Å². The second-order valence-corrected chi connectivity index (χ2v) is 4.91. The minimum Gasteiger partial charge on any atom is -0.378 e. The number of hydrogen-bond acceptors (Lipinski definition) is 3. The molecule has 0 unspecified atom stereocenters. The Kier molecular flexibility index (Phi) is 3.40. The van der Waals surface area contributed by atoms with Crippen molar-refractivity contribution in [1.29, 1.82) is 0 Å². The Morgan fingerprint density at radius 3 is 2.53 bits per heavy atom. The summed E-state index contributed by atoms with van der Waals surface area (Å²) in [4.78, 5) is 19.9. The van der Waals surface area contributed by atoms with E-state index < -0.39 is 0 Å². The fraction of sp³-hybridized carbons (Fsp3) is 0.385. The summed E-state index contributed by atoms with van der Waals surface area (Å²) in [7, 11) is 0. The first-order chi connectivity index (χ1) is 9.24. The van der Waals surface area contributed by atoms with Gasteiger partial charge in [0.2, 0.25) is 0 Å². The van der Waals surface area contributed by atoms with E-state index in [0.29, 0.717) is 24.8 Å². The van der Waals surface area contributed by atoms with Gasteiger partial charge in [0.25, 0.3) is 0 Å². The maximum absolute atomic E-state index is 12.0. The van der Waals surface area contributed by atoms with E-state index >= 15 is 0 Å². The molecule has 1 saturated heterocycles. The van der Waals surface area contributed by atoms with Crippen LogP contribution >= 0.6 is 11.6 Å². The van der Waals surface area contributed by atoms with Gasteiger partial charge in [-0.1, -0.05) is 11.6 Å². The maximum Gasteiger partial charge on any atom is 0.350 e. The normalized spacial score (nSPS) is 19.8. The van der Waals surface area contributed by atoms with Crippen LogP contribution in [0.2, 0.25) is 5.02 Å². The Labute approximate surface area is 116 Å². The molecule has 0 bridgehead atoms. The highest BCUT2D eigenvalue weighted by molar-refractivity contribution is 6.30. The van der Waals surface area contributed by atoms with Gasteiger partial charge in [0.15, 0.2) is 0 Å². The number of urea groups is 1. The van der Waals surface area contributed by atoms with Crippen molar-refractivity contribution in [2.24, 2.45) is 4.99 Å². The van der Waals surface area contributed by atoms with Crippen LogP contribution in [0.15, 0.2) is 29.3 Å². The fourth-order valence-corrected chi connectivity index (χ4v) is 2.36. The predicted octanol–water partition coefficient (Wildman–Crippen LogP) is 2.01. The van der Waals surface area contributed by atoms with Gasteiger partial charge in [0.05, 0.1) is 19.8 Å². The Morgan fingerprint density at radius 2 is 1.84 bits per heavy atom. The summed E-state index contributed by atoms with van der Waals surface area (Å²) >= 11 is 5.85. The number of carbonyl (C=O) groups is 1. The summed E-state index contributed by atoms with van der Waals surface area (Å²) in [5.41, 5.74) is 0.821. The Balaban J connectivity index is 1.74. The highest BCUT2D eigenvalue weighted by Gasteiger charge is 2.28. The van der Waals surface area contributed by atoms with Gasteiger partial charge in [-0.25, -0.2) is 4.79 Å². The van der Waals surface area contributed by atoms with Crippen LogP contribution in [-0.4, -0.2) is 49.6 Å². The summed E-state index contributed by atoms with van der Waals surface area (Å²) in [6.45, 7) is 3.48. The monoisotopic (exact) mass is 279 g/mol. The molecule has 0 aliphatic carbocycles. The molecule has 0 spiro atoms. The standard InChI is InChI=1S/C13H14ClN3O2/c14-10-1-3-11(4-2-10)17-9-12(15-13(17)18)16-5-7-19-8-6-16/h1-4H,5-9H2. The summed E-state index contributed by atoms with van der Waals surface area (Å²) in [6.07, 6.45) is 0. The molecule has 2 heterocycles. The molecule has 2 amide bonds. The number of morpholine rings is 1. The Morgan fingerprint density at radius 1 is 1.16 bits per heavy atom. The third-order valence-electron chi connectivity index (χ3n) is 3.27. The topological polar surface area (TPSA) is 45.1 Å². The molecule has 0 saturated carbocycles. The van der Waals surface area contributed by atoms with Crippen molar-refractivity contribution in [1.82, 2.24) is 4.90 Å². The number of aliphatic imine (C=N–C) groups is 1. The van der Waals surface area contributed by atoms with Gasteiger partial charge in [-0.05, 0) is 24.3 Å². The van der Waals surface area contributed by atoms with Gasteiger partial charge >= 0.3 is 6.03 Å². The molecule has 3 rings (SSSR count). The third-order valence-corrected chi connectivity index (χ3v) is 3.52. The largest absolute Gasteiger partial charge is 0.378 e. The number of ether oxygens (including phenoxy) is 1. The molecule has 0 aromatic heterocycles. The molecule has 2 aliphatic rings. The van der Waals surface area contributed by atoms with Crippen molar-refractivity contribution < 1.29 is 9.53 Å². The van der Waals surface area contributed by atoms with Crippen molar-refractivity contribution in [3.05, 3.63) is 29.3 Å². The number of halogens is 1. The molecular formula is C13H14ClN3O2. The fourth-order valence-electron chi connectivity index (χ4n) is 2.23. The van der Waals surface area contributed by atoms with E-state index in [2.05, 4.69) is 9.89 Å². The SMILES string of the molecule is O=C1N=C(N2CCOCC2)CN1c1ccc(Cl)cc1. The van der Waals surface area contributed by atoms with Crippen LogP contribution in [0, 0.1) is 0 Å². The number of rotatable bonds is 1. The van der Waals surface area contributed by atoms with Crippen LogP contribution in [0.3, 0.4) is 0 Å². The highest BCUT2D eigenvalue weighted by atomic mass is 35.5.